The molecule has 0 atom stereocenters. The first-order valence-corrected chi connectivity index (χ1v) is 8.73. The second-order valence-corrected chi connectivity index (χ2v) is 5.98. The maximum absolute atomic E-state index is 12.3. The highest BCUT2D eigenvalue weighted by molar-refractivity contribution is 5.92. The molecular formula is C19H17N7O2. The standard InChI is InChI=1S/C19H17N7O2/c1-2-16-24-19(28-25-16)14-5-7-21-17(8-14)26-11-15(23-12-26)18(27)22-10-13-4-3-6-20-9-13/h3-9,11-12H,2,10H2,1H3,(H,22,27). The Balaban J connectivity index is 1.49. The van der Waals surface area contributed by atoms with Crippen LogP contribution >= 0.6 is 0 Å². The molecule has 9 nitrogen and oxygen atoms in total. The van der Waals surface area contributed by atoms with Crippen molar-refractivity contribution in [2.24, 2.45) is 0 Å². The highest BCUT2D eigenvalue weighted by atomic mass is 16.5. The molecule has 0 fully saturated rings. The van der Waals surface area contributed by atoms with E-state index in [0.717, 1.165) is 11.1 Å². The molecule has 0 saturated carbocycles. The van der Waals surface area contributed by atoms with Crippen LogP contribution in [-0.2, 0) is 13.0 Å². The van der Waals surface area contributed by atoms with Gasteiger partial charge in [-0.15, -0.1) is 0 Å². The van der Waals surface area contributed by atoms with Crippen LogP contribution in [0.1, 0.15) is 28.8 Å². The summed E-state index contributed by atoms with van der Waals surface area (Å²) in [5.41, 5.74) is 1.95. The Kier molecular flexibility index (Phi) is 4.87. The lowest BCUT2D eigenvalue weighted by Crippen LogP contribution is -2.23. The number of nitrogens with zero attached hydrogens (tertiary/aromatic N) is 6. The van der Waals surface area contributed by atoms with E-state index in [9.17, 15) is 4.79 Å². The average molecular weight is 375 g/mol. The zero-order valence-corrected chi connectivity index (χ0v) is 15.1. The van der Waals surface area contributed by atoms with Crippen molar-refractivity contribution in [2.75, 3.05) is 0 Å². The van der Waals surface area contributed by atoms with Crippen LogP contribution in [0.3, 0.4) is 0 Å². The van der Waals surface area contributed by atoms with Crippen LogP contribution in [0.5, 0.6) is 0 Å². The minimum absolute atomic E-state index is 0.275. The Morgan fingerprint density at radius 1 is 1.25 bits per heavy atom. The highest BCUT2D eigenvalue weighted by Crippen LogP contribution is 2.19. The number of imidazole rings is 1. The van der Waals surface area contributed by atoms with E-state index in [1.807, 2.05) is 19.1 Å². The van der Waals surface area contributed by atoms with E-state index in [0.29, 0.717) is 36.2 Å². The highest BCUT2D eigenvalue weighted by Gasteiger charge is 2.13. The minimum Gasteiger partial charge on any atom is -0.347 e. The number of aromatic nitrogens is 6. The molecule has 28 heavy (non-hydrogen) atoms. The third-order valence-electron chi connectivity index (χ3n) is 4.03. The molecule has 0 spiro atoms. The van der Waals surface area contributed by atoms with Crippen molar-refractivity contribution < 1.29 is 9.32 Å². The van der Waals surface area contributed by atoms with E-state index in [1.165, 1.54) is 6.33 Å². The van der Waals surface area contributed by atoms with Crippen LogP contribution in [0.25, 0.3) is 17.3 Å². The van der Waals surface area contributed by atoms with E-state index in [-0.39, 0.29) is 5.91 Å². The van der Waals surface area contributed by atoms with Crippen molar-refractivity contribution >= 4 is 5.91 Å². The normalized spacial score (nSPS) is 10.8. The lowest BCUT2D eigenvalue weighted by Gasteiger charge is -2.03. The van der Waals surface area contributed by atoms with Crippen LogP contribution in [0.4, 0.5) is 0 Å². The lowest BCUT2D eigenvalue weighted by molar-refractivity contribution is 0.0946. The van der Waals surface area contributed by atoms with Crippen LogP contribution in [0, 0.1) is 0 Å². The summed E-state index contributed by atoms with van der Waals surface area (Å²) < 4.78 is 6.93. The van der Waals surface area contributed by atoms with E-state index < -0.39 is 0 Å². The van der Waals surface area contributed by atoms with Crippen LogP contribution in [0.15, 0.2) is 59.9 Å². The topological polar surface area (TPSA) is 112 Å². The van der Waals surface area contributed by atoms with Gasteiger partial charge in [0.2, 0.25) is 0 Å². The molecule has 4 heterocycles. The Bertz CT molecular complexity index is 1090. The fourth-order valence-corrected chi connectivity index (χ4v) is 2.55. The van der Waals surface area contributed by atoms with Crippen molar-refractivity contribution in [3.63, 3.8) is 0 Å². The average Bonchev–Trinajstić information content (AvgIpc) is 3.43. The van der Waals surface area contributed by atoms with Gasteiger partial charge in [-0.05, 0) is 23.8 Å². The Labute approximate surface area is 160 Å². The molecule has 1 amide bonds. The molecule has 0 saturated heterocycles. The number of carbonyl (C=O) groups is 1. The van der Waals surface area contributed by atoms with E-state index in [2.05, 4.69) is 30.4 Å². The molecule has 4 rings (SSSR count). The smallest absolute Gasteiger partial charge is 0.271 e. The van der Waals surface area contributed by atoms with Crippen molar-refractivity contribution in [3.8, 4) is 17.3 Å². The van der Waals surface area contributed by atoms with E-state index in [1.54, 1.807) is 41.5 Å². The first kappa shape index (κ1) is 17.5. The lowest BCUT2D eigenvalue weighted by atomic mass is 10.2. The molecule has 0 aliphatic heterocycles. The van der Waals surface area contributed by atoms with Gasteiger partial charge in [-0.3, -0.25) is 14.3 Å². The molecule has 0 aliphatic carbocycles. The van der Waals surface area contributed by atoms with Gasteiger partial charge < -0.3 is 9.84 Å². The number of nitrogens with one attached hydrogen (secondary N) is 1. The maximum Gasteiger partial charge on any atom is 0.271 e. The SMILES string of the molecule is CCc1noc(-c2ccnc(-n3cnc(C(=O)NCc4cccnc4)c3)c2)n1. The molecule has 9 heteroatoms. The van der Waals surface area contributed by atoms with Crippen molar-refractivity contribution in [1.82, 2.24) is 35.0 Å². The number of rotatable bonds is 6. The van der Waals surface area contributed by atoms with Gasteiger partial charge in [0.05, 0.1) is 0 Å². The van der Waals surface area contributed by atoms with Crippen molar-refractivity contribution in [2.45, 2.75) is 19.9 Å². The van der Waals surface area contributed by atoms with E-state index >= 15 is 0 Å². The Morgan fingerprint density at radius 2 is 2.18 bits per heavy atom. The molecule has 0 aliphatic rings. The molecule has 4 aromatic rings. The number of hydrogen-bond acceptors (Lipinski definition) is 7. The summed E-state index contributed by atoms with van der Waals surface area (Å²) in [7, 11) is 0. The molecular weight excluding hydrogens is 358 g/mol. The summed E-state index contributed by atoms with van der Waals surface area (Å²) in [6.45, 7) is 2.34. The number of pyridine rings is 2. The molecule has 0 bridgehead atoms. The second kappa shape index (κ2) is 7.78. The van der Waals surface area contributed by atoms with Gasteiger partial charge in [0.15, 0.2) is 5.82 Å². The molecule has 140 valence electrons. The van der Waals surface area contributed by atoms with Gasteiger partial charge in [0.1, 0.15) is 17.8 Å². The fourth-order valence-electron chi connectivity index (χ4n) is 2.55. The first-order chi connectivity index (χ1) is 13.7. The van der Waals surface area contributed by atoms with Crippen molar-refractivity contribution in [1.29, 1.82) is 0 Å². The molecule has 1 N–H and O–H groups in total. The zero-order valence-electron chi connectivity index (χ0n) is 15.1. The van der Waals surface area contributed by atoms with Gasteiger partial charge in [-0.25, -0.2) is 9.97 Å². The number of aryl methyl sites for hydroxylation is 1. The fraction of sp³-hybridized carbons (Fsp3) is 0.158. The van der Waals surface area contributed by atoms with Crippen molar-refractivity contribution in [3.05, 3.63) is 72.5 Å². The Hall–Kier alpha value is -3.88. The van der Waals surface area contributed by atoms with Gasteiger partial charge >= 0.3 is 0 Å². The number of carbonyl (C=O) groups excluding carboxylic acids is 1. The molecule has 0 radical (unpaired) electrons. The Morgan fingerprint density at radius 3 is 2.96 bits per heavy atom. The van der Waals surface area contributed by atoms with Crippen LogP contribution < -0.4 is 5.32 Å². The summed E-state index contributed by atoms with van der Waals surface area (Å²) in [4.78, 5) is 29.2. The molecule has 0 aromatic carbocycles. The number of hydrogen-bond donors (Lipinski definition) is 1. The summed E-state index contributed by atoms with van der Waals surface area (Å²) in [5, 5.41) is 6.72. The summed E-state index contributed by atoms with van der Waals surface area (Å²) in [6.07, 6.45) is 8.89. The summed E-state index contributed by atoms with van der Waals surface area (Å²) in [5.74, 6) is 1.38. The van der Waals surface area contributed by atoms with Crippen LogP contribution in [-0.4, -0.2) is 35.6 Å². The monoisotopic (exact) mass is 375 g/mol. The van der Waals surface area contributed by atoms with Gasteiger partial charge in [-0.2, -0.15) is 4.98 Å². The molecule has 0 unspecified atom stereocenters. The van der Waals surface area contributed by atoms with Crippen LogP contribution in [0.2, 0.25) is 0 Å². The third kappa shape index (κ3) is 3.78. The largest absolute Gasteiger partial charge is 0.347 e. The predicted molar refractivity (Wildman–Crippen MR) is 99.4 cm³/mol. The summed E-state index contributed by atoms with van der Waals surface area (Å²) in [6, 6.07) is 7.30. The summed E-state index contributed by atoms with van der Waals surface area (Å²) >= 11 is 0. The molecule has 4 aromatic heterocycles. The number of amides is 1. The van der Waals surface area contributed by atoms with Gasteiger partial charge in [0.25, 0.3) is 11.8 Å². The van der Waals surface area contributed by atoms with E-state index in [4.69, 9.17) is 4.52 Å². The predicted octanol–water partition coefficient (Wildman–Crippen LogP) is 2.20. The second-order valence-electron chi connectivity index (χ2n) is 5.98. The minimum atomic E-state index is -0.275. The quantitative estimate of drug-likeness (QED) is 0.550. The van der Waals surface area contributed by atoms with Gasteiger partial charge in [-0.1, -0.05) is 18.1 Å². The third-order valence-corrected chi connectivity index (χ3v) is 4.03. The van der Waals surface area contributed by atoms with Gasteiger partial charge in [0, 0.05) is 43.3 Å². The maximum atomic E-state index is 12.3. The first-order valence-electron chi connectivity index (χ1n) is 8.73. The zero-order chi connectivity index (χ0) is 19.3.